The van der Waals surface area contributed by atoms with Crippen LogP contribution in [0.3, 0.4) is 0 Å². The molecular formula is C23H18F3N3O3S2. The number of amides is 2. The van der Waals surface area contributed by atoms with E-state index in [0.29, 0.717) is 18.4 Å². The van der Waals surface area contributed by atoms with Gasteiger partial charge in [-0.25, -0.2) is 19.8 Å². The first-order chi connectivity index (χ1) is 16.0. The van der Waals surface area contributed by atoms with Crippen molar-refractivity contribution < 1.29 is 26.4 Å². The van der Waals surface area contributed by atoms with Gasteiger partial charge in [0.05, 0.1) is 16.1 Å². The normalized spacial score (nSPS) is 14.8. The molecule has 1 fully saturated rings. The maximum Gasteiger partial charge on any atom is 0.416 e. The molecule has 0 aliphatic heterocycles. The van der Waals surface area contributed by atoms with Gasteiger partial charge in [-0.15, -0.1) is 0 Å². The summed E-state index contributed by atoms with van der Waals surface area (Å²) in [6.07, 6.45) is -3.52. The molecule has 1 aliphatic carbocycles. The Kier molecular flexibility index (Phi) is 6.14. The van der Waals surface area contributed by atoms with Crippen molar-refractivity contribution in [3.05, 3.63) is 76.3 Å². The number of rotatable bonds is 6. The van der Waals surface area contributed by atoms with Gasteiger partial charge in [0.25, 0.3) is 0 Å². The zero-order chi connectivity index (χ0) is 24.6. The van der Waals surface area contributed by atoms with Crippen molar-refractivity contribution in [1.29, 1.82) is 0 Å². The van der Waals surface area contributed by atoms with E-state index in [2.05, 4.69) is 15.5 Å². The van der Waals surface area contributed by atoms with Crippen molar-refractivity contribution in [2.24, 2.45) is 0 Å². The molecule has 1 heterocycles. The van der Waals surface area contributed by atoms with Crippen molar-refractivity contribution in [3.63, 3.8) is 0 Å². The number of carbonyl (C=O) groups is 1. The number of nitrogens with zero attached hydrogens (tertiary/aromatic N) is 1. The minimum atomic E-state index is -4.56. The van der Waals surface area contributed by atoms with Gasteiger partial charge in [-0.2, -0.15) is 24.5 Å². The summed E-state index contributed by atoms with van der Waals surface area (Å²) in [7, 11) is -3.80. The molecule has 2 aromatic carbocycles. The molecule has 1 aromatic heterocycles. The fourth-order valence-electron chi connectivity index (χ4n) is 3.42. The molecule has 34 heavy (non-hydrogen) atoms. The standard InChI is InChI=1S/C23H18F3N3O3S2/c1-27-22(8-9-22)14-34(31,32)18-5-6-19(15-7-10-33-13-15)20(12-18)29-21(30)28-17-4-2-3-16(11-17)23(24,25)26/h2-7,10-13H,8-9,14H2,(H2,28,29,30). The summed E-state index contributed by atoms with van der Waals surface area (Å²) in [6.45, 7) is 7.26. The first-order valence-electron chi connectivity index (χ1n) is 10.0. The number of nitrogens with one attached hydrogen (secondary N) is 2. The van der Waals surface area contributed by atoms with Crippen LogP contribution in [0.2, 0.25) is 0 Å². The fraction of sp³-hybridized carbons (Fsp3) is 0.217. The zero-order valence-corrected chi connectivity index (χ0v) is 19.2. The van der Waals surface area contributed by atoms with Crippen molar-refractivity contribution in [3.8, 4) is 11.1 Å². The smallest absolute Gasteiger partial charge is 0.309 e. The molecule has 6 nitrogen and oxygen atoms in total. The van der Waals surface area contributed by atoms with E-state index >= 15 is 0 Å². The summed E-state index contributed by atoms with van der Waals surface area (Å²) < 4.78 is 64.7. The largest absolute Gasteiger partial charge is 0.416 e. The molecular weight excluding hydrogens is 487 g/mol. The minimum Gasteiger partial charge on any atom is -0.309 e. The number of sulfone groups is 1. The third-order valence-electron chi connectivity index (χ3n) is 5.40. The van der Waals surface area contributed by atoms with Gasteiger partial charge in [0.15, 0.2) is 9.84 Å². The summed E-state index contributed by atoms with van der Waals surface area (Å²) in [5.74, 6) is -0.308. The molecule has 3 aromatic rings. The van der Waals surface area contributed by atoms with Gasteiger partial charge in [-0.05, 0) is 52.7 Å². The average molecular weight is 506 g/mol. The monoisotopic (exact) mass is 505 g/mol. The molecule has 2 amide bonds. The van der Waals surface area contributed by atoms with E-state index in [-0.39, 0.29) is 22.0 Å². The first kappa shape index (κ1) is 23.8. The Morgan fingerprint density at radius 1 is 1.12 bits per heavy atom. The maximum atomic E-state index is 13.0. The lowest BCUT2D eigenvalue weighted by Gasteiger charge is -2.15. The molecule has 0 unspecified atom stereocenters. The molecule has 1 aliphatic rings. The van der Waals surface area contributed by atoms with Crippen LogP contribution < -0.4 is 10.6 Å². The van der Waals surface area contributed by atoms with E-state index in [9.17, 15) is 26.4 Å². The zero-order valence-electron chi connectivity index (χ0n) is 17.5. The molecule has 1 saturated carbocycles. The first-order valence-corrected chi connectivity index (χ1v) is 12.6. The van der Waals surface area contributed by atoms with Gasteiger partial charge in [0, 0.05) is 24.1 Å². The summed E-state index contributed by atoms with van der Waals surface area (Å²) in [5, 5.41) is 8.55. The highest BCUT2D eigenvalue weighted by Gasteiger charge is 2.54. The van der Waals surface area contributed by atoms with Gasteiger partial charge in [0.1, 0.15) is 5.75 Å². The highest BCUT2D eigenvalue weighted by molar-refractivity contribution is 7.91. The number of benzene rings is 2. The second kappa shape index (κ2) is 8.77. The molecule has 0 atom stereocenters. The van der Waals surface area contributed by atoms with Crippen LogP contribution in [0.25, 0.3) is 16.0 Å². The van der Waals surface area contributed by atoms with Crippen LogP contribution in [-0.4, -0.2) is 25.7 Å². The second-order valence-corrected chi connectivity index (χ2v) is 10.7. The Labute approximate surface area is 198 Å². The van der Waals surface area contributed by atoms with Crippen LogP contribution in [0.4, 0.5) is 29.3 Å². The van der Waals surface area contributed by atoms with Crippen LogP contribution in [0.5, 0.6) is 0 Å². The molecule has 4 rings (SSSR count). The Hall–Kier alpha value is -3.36. The maximum absolute atomic E-state index is 13.0. The predicted molar refractivity (Wildman–Crippen MR) is 124 cm³/mol. The highest BCUT2D eigenvalue weighted by atomic mass is 32.2. The number of urea groups is 1. The van der Waals surface area contributed by atoms with Crippen LogP contribution >= 0.6 is 11.3 Å². The van der Waals surface area contributed by atoms with E-state index in [1.807, 2.05) is 10.8 Å². The number of alkyl halides is 3. The molecule has 11 heteroatoms. The Bertz CT molecular complexity index is 1370. The van der Waals surface area contributed by atoms with Crippen LogP contribution in [0.1, 0.15) is 18.4 Å². The van der Waals surface area contributed by atoms with Gasteiger partial charge in [-0.1, -0.05) is 12.1 Å². The Morgan fingerprint density at radius 3 is 2.50 bits per heavy atom. The minimum absolute atomic E-state index is 0.0456. The molecule has 0 radical (unpaired) electrons. The number of carbonyl (C=O) groups excluding carboxylic acids is 1. The third-order valence-corrected chi connectivity index (χ3v) is 7.97. The molecule has 176 valence electrons. The number of hydrogen-bond donors (Lipinski definition) is 2. The van der Waals surface area contributed by atoms with Crippen molar-refractivity contribution in [1.82, 2.24) is 0 Å². The fourth-order valence-corrected chi connectivity index (χ4v) is 5.87. The molecule has 0 bridgehead atoms. The third kappa shape index (κ3) is 5.24. The van der Waals surface area contributed by atoms with Gasteiger partial charge < -0.3 is 15.5 Å². The number of halogens is 3. The summed E-state index contributed by atoms with van der Waals surface area (Å²) in [5.41, 5.74) is -0.406. The molecule has 0 saturated heterocycles. The van der Waals surface area contributed by atoms with Crippen molar-refractivity contribution in [2.45, 2.75) is 29.5 Å². The number of hydrogen-bond acceptors (Lipinski definition) is 4. The van der Waals surface area contributed by atoms with Crippen LogP contribution in [0, 0.1) is 6.57 Å². The Balaban J connectivity index is 1.62. The van der Waals surface area contributed by atoms with Crippen molar-refractivity contribution in [2.75, 3.05) is 16.4 Å². The van der Waals surface area contributed by atoms with Gasteiger partial charge >= 0.3 is 12.2 Å². The summed E-state index contributed by atoms with van der Waals surface area (Å²) >= 11 is 1.41. The topological polar surface area (TPSA) is 79.6 Å². The lowest BCUT2D eigenvalue weighted by Crippen LogP contribution is -2.22. The van der Waals surface area contributed by atoms with E-state index in [1.165, 1.54) is 35.6 Å². The highest BCUT2D eigenvalue weighted by Crippen LogP contribution is 2.42. The lowest BCUT2D eigenvalue weighted by atomic mass is 10.1. The van der Waals surface area contributed by atoms with E-state index in [0.717, 1.165) is 17.7 Å². The second-order valence-electron chi connectivity index (χ2n) is 7.97. The summed E-state index contributed by atoms with van der Waals surface area (Å²) in [4.78, 5) is 16.0. The van der Waals surface area contributed by atoms with Crippen molar-refractivity contribution >= 4 is 38.6 Å². The molecule has 2 N–H and O–H groups in total. The van der Waals surface area contributed by atoms with E-state index in [4.69, 9.17) is 6.57 Å². The SMILES string of the molecule is [C-]#[N+]C1(CS(=O)(=O)c2ccc(-c3ccsc3)c(NC(=O)Nc3cccc(C(F)(F)F)c3)c2)CC1. The average Bonchev–Trinajstić information content (AvgIpc) is 3.31. The van der Waals surface area contributed by atoms with E-state index < -0.39 is 33.1 Å². The quantitative estimate of drug-likeness (QED) is 0.386. The summed E-state index contributed by atoms with van der Waals surface area (Å²) in [6, 6.07) is 9.45. The Morgan fingerprint density at radius 2 is 1.88 bits per heavy atom. The number of anilines is 2. The van der Waals surface area contributed by atoms with Crippen LogP contribution in [-0.2, 0) is 16.0 Å². The van der Waals surface area contributed by atoms with Gasteiger partial charge in [-0.3, -0.25) is 0 Å². The lowest BCUT2D eigenvalue weighted by molar-refractivity contribution is -0.137. The molecule has 0 spiro atoms. The van der Waals surface area contributed by atoms with E-state index in [1.54, 1.807) is 12.1 Å². The number of thiophene rings is 1. The predicted octanol–water partition coefficient (Wildman–Crippen LogP) is 6.30. The van der Waals surface area contributed by atoms with Crippen LogP contribution in [0.15, 0.2) is 64.2 Å². The van der Waals surface area contributed by atoms with Gasteiger partial charge in [0.2, 0.25) is 5.54 Å².